The third-order valence-corrected chi connectivity index (χ3v) is 9.48. The van der Waals surface area contributed by atoms with E-state index in [2.05, 4.69) is 18.9 Å². The number of aliphatic hydroxyl groups excluding tert-OH is 2. The number of nitrogens with one attached hydrogen (secondary N) is 1. The maximum Gasteiger partial charge on any atom is 0.470 e. The number of benzene rings is 3. The Morgan fingerprint density at radius 3 is 1.89 bits per heavy atom. The molecule has 22 nitrogen and oxygen atoms in total. The number of carbonyl (C=O) groups excluding carboxylic acids is 1. The molecular formula is C29H30NO21P3. The van der Waals surface area contributed by atoms with Gasteiger partial charge in [-0.2, -0.15) is 0 Å². The third-order valence-electron chi connectivity index (χ3n) is 7.93. The number of hydrogen-bond acceptors (Lipinski definition) is 14. The minimum Gasteiger partial charge on any atom is -0.508 e. The zero-order valence-electron chi connectivity index (χ0n) is 26.9. The van der Waals surface area contributed by atoms with E-state index in [-0.39, 0.29) is 44.9 Å². The predicted octanol–water partition coefficient (Wildman–Crippen LogP) is 0.253. The molecule has 0 aromatic heterocycles. The van der Waals surface area contributed by atoms with Crippen LogP contribution in [0.25, 0.3) is 33.4 Å². The number of aromatic hydroxyl groups is 1. The van der Waals surface area contributed by atoms with Crippen LogP contribution in [0.4, 0.5) is 0 Å². The molecule has 2 aromatic rings. The number of fused-ring (bicyclic) bond motifs is 2. The van der Waals surface area contributed by atoms with Crippen molar-refractivity contribution in [3.05, 3.63) is 75.9 Å². The molecule has 3 aliphatic rings. The second-order valence-corrected chi connectivity index (χ2v) is 15.2. The molecule has 292 valence electrons. The highest BCUT2D eigenvalue weighted by Gasteiger charge is 2.57. The Hall–Kier alpha value is -3.92. The van der Waals surface area contributed by atoms with Crippen LogP contribution in [0.3, 0.4) is 0 Å². The minimum absolute atomic E-state index is 0.00135. The van der Waals surface area contributed by atoms with Gasteiger partial charge < -0.3 is 64.3 Å². The predicted molar refractivity (Wildman–Crippen MR) is 178 cm³/mol. The molecule has 0 saturated heterocycles. The molecule has 11 N–H and O–H groups in total. The molecular weight excluding hydrogens is 791 g/mol. The summed E-state index contributed by atoms with van der Waals surface area (Å²) < 4.78 is 59.2. The Balaban J connectivity index is 1.42. The van der Waals surface area contributed by atoms with E-state index >= 15 is 0 Å². The quantitative estimate of drug-likeness (QED) is 0.0489. The van der Waals surface area contributed by atoms with Gasteiger partial charge in [-0.05, 0) is 48.0 Å². The molecule has 1 heterocycles. The highest BCUT2D eigenvalue weighted by atomic mass is 31.2. The van der Waals surface area contributed by atoms with E-state index in [0.717, 1.165) is 12.1 Å². The van der Waals surface area contributed by atoms with E-state index in [9.17, 15) is 77.9 Å². The zero-order valence-corrected chi connectivity index (χ0v) is 29.6. The molecule has 0 spiro atoms. The van der Waals surface area contributed by atoms with Crippen molar-refractivity contribution in [2.75, 3.05) is 13.2 Å². The summed E-state index contributed by atoms with van der Waals surface area (Å²) in [7, 11) is -16.8. The van der Waals surface area contributed by atoms with Gasteiger partial charge in [0.25, 0.3) is 5.91 Å². The van der Waals surface area contributed by atoms with Gasteiger partial charge >= 0.3 is 29.4 Å². The van der Waals surface area contributed by atoms with Crippen molar-refractivity contribution < 1.29 is 95.8 Å². The molecule has 0 unspecified atom stereocenters. The van der Waals surface area contributed by atoms with Gasteiger partial charge in [0, 0.05) is 40.8 Å². The summed E-state index contributed by atoms with van der Waals surface area (Å²) in [6, 6.07) is 11.3. The van der Waals surface area contributed by atoms with Crippen LogP contribution in [0.1, 0.15) is 20.7 Å². The summed E-state index contributed by atoms with van der Waals surface area (Å²) in [6.45, 7) is -1.19. The monoisotopic (exact) mass is 821 g/mol. The molecule has 1 fully saturated rings. The molecule has 54 heavy (non-hydrogen) atoms. The van der Waals surface area contributed by atoms with Crippen molar-refractivity contribution in [1.29, 1.82) is 0 Å². The molecule has 5 rings (SSSR count). The van der Waals surface area contributed by atoms with Crippen LogP contribution >= 0.6 is 23.5 Å². The third kappa shape index (κ3) is 9.65. The average Bonchev–Trinajstić information content (AvgIpc) is 3.04. The number of aromatic carboxylic acids is 1. The van der Waals surface area contributed by atoms with Crippen LogP contribution in [0.15, 0.2) is 63.8 Å². The number of aliphatic hydroxyl groups is 2. The average molecular weight is 821 g/mol. The standard InChI is InChI=1S/C29H30NO21P3/c31-13-2-5-16-19(10-13)48-20-11-14(32)3-6-17(20)21(16)18-9-12(1-4-15(18)29(36)37)28(35)30-7-8-47-24-22(33)26(50-53(41,42)43)27(51-54(44,45)46)23(34)25(24)49-52(38,39)40/h1-6,9-11,22-27,31,33-34H,7-8H2,(H,30,35)(H,36,37)(H2,38,39,40)(H2,41,42,43)(H2,44,45,46)/t22-,23-,24+,25-,26+,27+/m0/s1. The first kappa shape index (κ1) is 41.2. The number of phenols is 1. The van der Waals surface area contributed by atoms with Crippen molar-refractivity contribution in [1.82, 2.24) is 5.32 Å². The maximum atomic E-state index is 13.3. The number of phosphoric ester groups is 3. The first-order chi connectivity index (χ1) is 25.0. The smallest absolute Gasteiger partial charge is 0.470 e. The lowest BCUT2D eigenvalue weighted by atomic mass is 9.85. The molecule has 2 aliphatic carbocycles. The minimum atomic E-state index is -5.63. The van der Waals surface area contributed by atoms with Crippen molar-refractivity contribution in [2.45, 2.75) is 36.6 Å². The lowest BCUT2D eigenvalue weighted by molar-refractivity contribution is -0.224. The van der Waals surface area contributed by atoms with Crippen molar-refractivity contribution in [3.8, 4) is 28.2 Å². The molecule has 1 saturated carbocycles. The largest absolute Gasteiger partial charge is 0.508 e. The number of phosphoric acid groups is 3. The zero-order chi connectivity index (χ0) is 39.9. The van der Waals surface area contributed by atoms with Crippen LogP contribution < -0.4 is 10.7 Å². The van der Waals surface area contributed by atoms with Crippen LogP contribution in [0.5, 0.6) is 5.75 Å². The van der Waals surface area contributed by atoms with Crippen molar-refractivity contribution in [2.24, 2.45) is 0 Å². The van der Waals surface area contributed by atoms with E-state index in [1.54, 1.807) is 0 Å². The topological polar surface area (TPSA) is 367 Å². The molecule has 0 radical (unpaired) electrons. The normalized spacial score (nSPS) is 22.4. The van der Waals surface area contributed by atoms with E-state index in [4.69, 9.17) is 9.15 Å². The van der Waals surface area contributed by atoms with Crippen molar-refractivity contribution >= 4 is 46.3 Å². The highest BCUT2D eigenvalue weighted by molar-refractivity contribution is 7.46. The number of carbonyl (C=O) groups is 2. The Labute approximate surface area is 301 Å². The van der Waals surface area contributed by atoms with E-state index in [0.29, 0.717) is 5.39 Å². The molecule has 1 amide bonds. The number of amides is 1. The fourth-order valence-electron chi connectivity index (χ4n) is 5.88. The summed E-state index contributed by atoms with van der Waals surface area (Å²) in [5, 5.41) is 44.4. The second-order valence-electron chi connectivity index (χ2n) is 11.6. The van der Waals surface area contributed by atoms with Gasteiger partial charge in [-0.1, -0.05) is 0 Å². The summed E-state index contributed by atoms with van der Waals surface area (Å²) in [5.74, 6) is -2.39. The van der Waals surface area contributed by atoms with Crippen LogP contribution in [-0.4, -0.2) is 111 Å². The molecule has 1 aliphatic heterocycles. The Morgan fingerprint density at radius 2 is 1.31 bits per heavy atom. The number of carboxylic acids is 1. The first-order valence-electron chi connectivity index (χ1n) is 15.1. The van der Waals surface area contributed by atoms with Gasteiger partial charge in [-0.15, -0.1) is 0 Å². The number of ether oxygens (including phenoxy) is 1. The number of carboxylic acid groups (broad SMARTS) is 1. The van der Waals surface area contributed by atoms with Crippen LogP contribution in [-0.2, 0) is 32.0 Å². The SMILES string of the molecule is O=C(NCCO[C@@H]1[C@H](O)[C@@H](OP(=O)(O)O)[C@H](OP(=O)(O)O)[C@@H](O)[C@@H]1OP(=O)(O)O)c1ccc(C(=O)O)c(-c2c3ccc(=O)cc-3oc3cc(O)ccc23)c1. The number of rotatable bonds is 13. The fourth-order valence-corrected chi connectivity index (χ4v) is 7.56. The maximum absolute atomic E-state index is 13.3. The number of hydrogen-bond donors (Lipinski definition) is 11. The van der Waals surface area contributed by atoms with Gasteiger partial charge in [0.05, 0.1) is 12.2 Å². The van der Waals surface area contributed by atoms with Gasteiger partial charge in [0.1, 0.15) is 53.7 Å². The lowest BCUT2D eigenvalue weighted by Gasteiger charge is -2.46. The summed E-state index contributed by atoms with van der Waals surface area (Å²) >= 11 is 0. The van der Waals surface area contributed by atoms with Gasteiger partial charge in [0.15, 0.2) is 5.43 Å². The lowest BCUT2D eigenvalue weighted by Crippen LogP contribution is -2.65. The first-order valence-corrected chi connectivity index (χ1v) is 19.7. The van der Waals surface area contributed by atoms with E-state index in [1.165, 1.54) is 42.5 Å². The molecule has 6 atom stereocenters. The van der Waals surface area contributed by atoms with Crippen LogP contribution in [0.2, 0.25) is 0 Å². The van der Waals surface area contributed by atoms with E-state index < -0.39 is 90.5 Å². The molecule has 0 bridgehead atoms. The summed E-state index contributed by atoms with van der Waals surface area (Å²) in [4.78, 5) is 93.7. The molecule has 2 aromatic carbocycles. The fraction of sp³-hybridized carbons (Fsp3) is 0.276. The van der Waals surface area contributed by atoms with Crippen LogP contribution in [0, 0.1) is 0 Å². The van der Waals surface area contributed by atoms with Crippen molar-refractivity contribution in [3.63, 3.8) is 0 Å². The van der Waals surface area contributed by atoms with Gasteiger partial charge in [-0.25, -0.2) is 18.5 Å². The van der Waals surface area contributed by atoms with Gasteiger partial charge in [-0.3, -0.25) is 23.2 Å². The highest BCUT2D eigenvalue weighted by Crippen LogP contribution is 2.50. The summed E-state index contributed by atoms with van der Waals surface area (Å²) in [6.07, 6.45) is -14.6. The Kier molecular flexibility index (Phi) is 12.0. The van der Waals surface area contributed by atoms with E-state index in [1.807, 2.05) is 0 Å². The second kappa shape index (κ2) is 15.7. The molecule has 25 heteroatoms. The Morgan fingerprint density at radius 1 is 0.741 bits per heavy atom. The summed E-state index contributed by atoms with van der Waals surface area (Å²) in [5.41, 5.74) is -0.222. The number of phenolic OH excluding ortho intramolecular Hbond substituents is 1. The Bertz CT molecular complexity index is 2240. The van der Waals surface area contributed by atoms with Gasteiger partial charge in [0.2, 0.25) is 0 Å².